The van der Waals surface area contributed by atoms with E-state index < -0.39 is 0 Å². The van der Waals surface area contributed by atoms with Crippen LogP contribution in [-0.4, -0.2) is 33.7 Å². The van der Waals surface area contributed by atoms with Gasteiger partial charge in [0.05, 0.1) is 6.20 Å². The molecule has 29 heavy (non-hydrogen) atoms. The van der Waals surface area contributed by atoms with Gasteiger partial charge in [-0.25, -0.2) is 4.39 Å². The summed E-state index contributed by atoms with van der Waals surface area (Å²) in [6, 6.07) is 15.3. The van der Waals surface area contributed by atoms with Crippen molar-refractivity contribution >= 4 is 11.6 Å². The Labute approximate surface area is 170 Å². The van der Waals surface area contributed by atoms with Crippen LogP contribution >= 0.6 is 0 Å². The number of anilines is 1. The molecule has 1 aliphatic rings. The van der Waals surface area contributed by atoms with Crippen LogP contribution in [0.5, 0.6) is 0 Å². The molecular weight excluding hydrogens is 367 g/mol. The number of nitrogens with one attached hydrogen (secondary N) is 1. The van der Waals surface area contributed by atoms with Crippen molar-refractivity contribution in [3.05, 3.63) is 83.9 Å². The van der Waals surface area contributed by atoms with E-state index in [1.54, 1.807) is 12.1 Å². The van der Waals surface area contributed by atoms with Gasteiger partial charge in [-0.1, -0.05) is 30.3 Å². The molecule has 3 aromatic rings. The highest BCUT2D eigenvalue weighted by Gasteiger charge is 2.33. The van der Waals surface area contributed by atoms with Crippen molar-refractivity contribution in [3.63, 3.8) is 0 Å². The maximum Gasteiger partial charge on any atom is 0.246 e. The standard InChI is InChI=1S/C23H25FN4O/c1-27-15-18(14-25-27)13-17-11-12-28(16-17)22(19-5-3-2-4-6-19)23(29)26-21-9-7-20(24)8-10-21/h2-10,14-15,17,22H,11-13,16H2,1H3,(H,26,29)/t17-,22-/m0/s1. The number of hydrogen-bond donors (Lipinski definition) is 1. The van der Waals surface area contributed by atoms with E-state index in [9.17, 15) is 9.18 Å². The lowest BCUT2D eigenvalue weighted by Crippen LogP contribution is -2.36. The highest BCUT2D eigenvalue weighted by atomic mass is 19.1. The average Bonchev–Trinajstić information content (AvgIpc) is 3.34. The van der Waals surface area contributed by atoms with Gasteiger partial charge in [0.15, 0.2) is 0 Å². The zero-order valence-corrected chi connectivity index (χ0v) is 16.5. The number of aryl methyl sites for hydroxylation is 1. The third-order valence-corrected chi connectivity index (χ3v) is 5.44. The lowest BCUT2D eigenvalue weighted by molar-refractivity contribution is -0.121. The van der Waals surface area contributed by atoms with Gasteiger partial charge in [-0.3, -0.25) is 14.4 Å². The van der Waals surface area contributed by atoms with Crippen molar-refractivity contribution in [2.75, 3.05) is 18.4 Å². The Morgan fingerprint density at radius 1 is 1.21 bits per heavy atom. The fourth-order valence-electron chi connectivity index (χ4n) is 4.08. The van der Waals surface area contributed by atoms with Crippen molar-refractivity contribution in [2.24, 2.45) is 13.0 Å². The minimum atomic E-state index is -0.375. The molecular formula is C23H25FN4O. The van der Waals surface area contributed by atoms with Gasteiger partial charge in [0.1, 0.15) is 11.9 Å². The molecule has 0 bridgehead atoms. The molecule has 2 atom stereocenters. The molecule has 5 nitrogen and oxygen atoms in total. The number of carbonyl (C=O) groups is 1. The number of benzene rings is 2. The minimum absolute atomic E-state index is 0.0927. The number of nitrogens with zero attached hydrogens (tertiary/aromatic N) is 3. The van der Waals surface area contributed by atoms with Crippen LogP contribution in [-0.2, 0) is 18.3 Å². The molecule has 1 saturated heterocycles. The second kappa shape index (κ2) is 8.57. The normalized spacial score (nSPS) is 17.9. The summed E-state index contributed by atoms with van der Waals surface area (Å²) in [4.78, 5) is 15.4. The van der Waals surface area contributed by atoms with Crippen LogP contribution in [0.4, 0.5) is 10.1 Å². The van der Waals surface area contributed by atoms with E-state index >= 15 is 0 Å². The molecule has 6 heteroatoms. The Kier molecular flexibility index (Phi) is 5.71. The first-order valence-corrected chi connectivity index (χ1v) is 9.91. The monoisotopic (exact) mass is 392 g/mol. The molecule has 2 aromatic carbocycles. The van der Waals surface area contributed by atoms with E-state index in [4.69, 9.17) is 0 Å². The third kappa shape index (κ3) is 4.71. The number of aromatic nitrogens is 2. The van der Waals surface area contributed by atoms with Crippen molar-refractivity contribution < 1.29 is 9.18 Å². The quantitative estimate of drug-likeness (QED) is 0.694. The highest BCUT2D eigenvalue weighted by molar-refractivity contribution is 5.95. The number of rotatable bonds is 6. The van der Waals surface area contributed by atoms with E-state index in [0.717, 1.165) is 31.5 Å². The number of amides is 1. The van der Waals surface area contributed by atoms with Gasteiger partial charge >= 0.3 is 0 Å². The van der Waals surface area contributed by atoms with Crippen LogP contribution in [0.2, 0.25) is 0 Å². The topological polar surface area (TPSA) is 50.2 Å². The highest BCUT2D eigenvalue weighted by Crippen LogP contribution is 2.30. The average molecular weight is 392 g/mol. The van der Waals surface area contributed by atoms with Crippen molar-refractivity contribution in [3.8, 4) is 0 Å². The van der Waals surface area contributed by atoms with Crippen LogP contribution in [0.3, 0.4) is 0 Å². The van der Waals surface area contributed by atoms with Crippen LogP contribution < -0.4 is 5.32 Å². The summed E-state index contributed by atoms with van der Waals surface area (Å²) in [6.45, 7) is 1.71. The second-order valence-corrected chi connectivity index (χ2v) is 7.69. The zero-order valence-electron chi connectivity index (χ0n) is 16.5. The molecule has 4 rings (SSSR count). The molecule has 0 spiro atoms. The maximum atomic E-state index is 13.2. The molecule has 0 saturated carbocycles. The Morgan fingerprint density at radius 3 is 2.66 bits per heavy atom. The first-order valence-electron chi connectivity index (χ1n) is 9.91. The van der Waals surface area contributed by atoms with Gasteiger partial charge in [0, 0.05) is 25.5 Å². The van der Waals surface area contributed by atoms with Gasteiger partial charge in [-0.05, 0) is 60.7 Å². The number of halogens is 1. The Bertz CT molecular complexity index is 955. The first kappa shape index (κ1) is 19.3. The number of carbonyl (C=O) groups excluding carboxylic acids is 1. The summed E-state index contributed by atoms with van der Waals surface area (Å²) < 4.78 is 15.0. The zero-order chi connectivity index (χ0) is 20.2. The minimum Gasteiger partial charge on any atom is -0.324 e. The summed E-state index contributed by atoms with van der Waals surface area (Å²) in [5.74, 6) is 0.0780. The SMILES string of the molecule is Cn1cc(C[C@@H]2CCN([C@H](C(=O)Nc3ccc(F)cc3)c3ccccc3)C2)cn1. The second-order valence-electron chi connectivity index (χ2n) is 7.69. The summed E-state index contributed by atoms with van der Waals surface area (Å²) >= 11 is 0. The van der Waals surface area contributed by atoms with Crippen molar-refractivity contribution in [1.82, 2.24) is 14.7 Å². The molecule has 0 unspecified atom stereocenters. The van der Waals surface area contributed by atoms with Crippen LogP contribution in [0, 0.1) is 11.7 Å². The predicted molar refractivity (Wildman–Crippen MR) is 111 cm³/mol. The first-order chi connectivity index (χ1) is 14.1. The number of hydrogen-bond acceptors (Lipinski definition) is 3. The Morgan fingerprint density at radius 2 is 1.97 bits per heavy atom. The van der Waals surface area contributed by atoms with E-state index in [2.05, 4.69) is 21.5 Å². The fraction of sp³-hybridized carbons (Fsp3) is 0.304. The molecule has 2 heterocycles. The van der Waals surface area contributed by atoms with E-state index in [0.29, 0.717) is 11.6 Å². The summed E-state index contributed by atoms with van der Waals surface area (Å²) in [6.07, 6.45) is 5.98. The predicted octanol–water partition coefficient (Wildman–Crippen LogP) is 3.80. The van der Waals surface area contributed by atoms with Crippen LogP contribution in [0.25, 0.3) is 0 Å². The van der Waals surface area contributed by atoms with Crippen molar-refractivity contribution in [2.45, 2.75) is 18.9 Å². The summed E-state index contributed by atoms with van der Waals surface area (Å²) in [5.41, 5.74) is 2.80. The van der Waals surface area contributed by atoms with Crippen LogP contribution in [0.15, 0.2) is 67.0 Å². The Hall–Kier alpha value is -2.99. The Balaban J connectivity index is 1.50. The summed E-state index contributed by atoms with van der Waals surface area (Å²) in [5, 5.41) is 7.21. The fourth-order valence-corrected chi connectivity index (χ4v) is 4.08. The molecule has 1 aromatic heterocycles. The largest absolute Gasteiger partial charge is 0.324 e. The van der Waals surface area contributed by atoms with Gasteiger partial charge < -0.3 is 5.32 Å². The third-order valence-electron chi connectivity index (χ3n) is 5.44. The van der Waals surface area contributed by atoms with Gasteiger partial charge in [0.2, 0.25) is 5.91 Å². The van der Waals surface area contributed by atoms with E-state index in [1.165, 1.54) is 17.7 Å². The molecule has 150 valence electrons. The molecule has 1 aliphatic heterocycles. The van der Waals surface area contributed by atoms with Gasteiger partial charge in [0.25, 0.3) is 0 Å². The van der Waals surface area contributed by atoms with Crippen molar-refractivity contribution in [1.29, 1.82) is 0 Å². The van der Waals surface area contributed by atoms with Crippen LogP contribution in [0.1, 0.15) is 23.6 Å². The molecule has 0 aliphatic carbocycles. The lowest BCUT2D eigenvalue weighted by Gasteiger charge is -2.27. The van der Waals surface area contributed by atoms with E-state index in [-0.39, 0.29) is 17.8 Å². The molecule has 1 N–H and O–H groups in total. The molecule has 1 fully saturated rings. The maximum absolute atomic E-state index is 13.2. The smallest absolute Gasteiger partial charge is 0.246 e. The van der Waals surface area contributed by atoms with E-state index in [1.807, 2.05) is 48.3 Å². The molecule has 0 radical (unpaired) electrons. The lowest BCUT2D eigenvalue weighted by atomic mass is 10.0. The summed E-state index contributed by atoms with van der Waals surface area (Å²) in [7, 11) is 1.93. The van der Waals surface area contributed by atoms with Gasteiger partial charge in [-0.15, -0.1) is 0 Å². The number of likely N-dealkylation sites (tertiary alicyclic amines) is 1. The molecule has 1 amide bonds. The van der Waals surface area contributed by atoms with Gasteiger partial charge in [-0.2, -0.15) is 5.10 Å².